The second kappa shape index (κ2) is 12.7. The van der Waals surface area contributed by atoms with Gasteiger partial charge in [-0.25, -0.2) is 9.97 Å². The molecule has 260 valence electrons. The standard InChI is InChI=1S/C50H33N3O2/c1-50(2)40-19-7-6-17-39(40)46-41(50)25-26-45-48(46)55-47-38(18-10-20-44(47)54-45)32-21-23-33(24-22-32)42-29-43(53-49(52-42)34-12-4-3-5-13-34)37-16-9-15-36(28-37)35-14-8-11-31(27-35)30-51/h3-29H,1-2H3. The quantitative estimate of drug-likeness (QED) is 0.178. The van der Waals surface area contributed by atoms with Gasteiger partial charge < -0.3 is 9.47 Å². The van der Waals surface area contributed by atoms with E-state index in [9.17, 15) is 5.26 Å². The molecule has 55 heavy (non-hydrogen) atoms. The van der Waals surface area contributed by atoms with Crippen molar-refractivity contribution in [1.29, 1.82) is 5.26 Å². The Bertz CT molecular complexity index is 2850. The summed E-state index contributed by atoms with van der Waals surface area (Å²) in [4.78, 5) is 10.1. The van der Waals surface area contributed by atoms with E-state index in [0.717, 1.165) is 67.4 Å². The maximum Gasteiger partial charge on any atom is 0.178 e. The van der Waals surface area contributed by atoms with E-state index in [2.05, 4.69) is 98.8 Å². The molecule has 1 aliphatic carbocycles. The first-order valence-electron chi connectivity index (χ1n) is 18.4. The number of nitriles is 1. The highest BCUT2D eigenvalue weighted by Gasteiger charge is 2.39. The fourth-order valence-electron chi connectivity index (χ4n) is 7.98. The molecule has 0 bridgehead atoms. The maximum absolute atomic E-state index is 9.49. The Morgan fingerprint density at radius 1 is 0.473 bits per heavy atom. The van der Waals surface area contributed by atoms with Crippen molar-refractivity contribution in [3.63, 3.8) is 0 Å². The zero-order valence-corrected chi connectivity index (χ0v) is 30.2. The first-order valence-corrected chi connectivity index (χ1v) is 18.4. The van der Waals surface area contributed by atoms with Gasteiger partial charge in [0.1, 0.15) is 0 Å². The molecule has 8 aromatic rings. The van der Waals surface area contributed by atoms with Crippen LogP contribution in [-0.4, -0.2) is 9.97 Å². The second-order valence-electron chi connectivity index (χ2n) is 14.5. The van der Waals surface area contributed by atoms with Crippen LogP contribution in [0.15, 0.2) is 164 Å². The number of rotatable bonds is 5. The van der Waals surface area contributed by atoms with Crippen molar-refractivity contribution in [2.24, 2.45) is 0 Å². The summed E-state index contributed by atoms with van der Waals surface area (Å²) in [6.45, 7) is 4.54. The molecule has 0 saturated carbocycles. The number of benzene rings is 7. The van der Waals surface area contributed by atoms with E-state index in [0.29, 0.717) is 22.9 Å². The lowest BCUT2D eigenvalue weighted by atomic mass is 9.82. The van der Waals surface area contributed by atoms with Crippen LogP contribution >= 0.6 is 0 Å². The molecule has 0 atom stereocenters. The van der Waals surface area contributed by atoms with Crippen LogP contribution in [-0.2, 0) is 5.41 Å². The SMILES string of the molecule is CC1(C)c2ccccc2-c2c1ccc1c2Oc2c(cccc2-c2ccc(-c3cc(-c4cccc(-c5cccc(C#N)c5)c4)nc(-c4ccccc4)n3)cc2)O1. The highest BCUT2D eigenvalue weighted by molar-refractivity contribution is 5.89. The Morgan fingerprint density at radius 3 is 1.93 bits per heavy atom. The Hall–Kier alpha value is -7.29. The van der Waals surface area contributed by atoms with Gasteiger partial charge >= 0.3 is 0 Å². The lowest BCUT2D eigenvalue weighted by Gasteiger charge is -2.26. The van der Waals surface area contributed by atoms with Crippen molar-refractivity contribution >= 4 is 0 Å². The molecule has 5 heteroatoms. The molecule has 0 N–H and O–H groups in total. The number of nitrogens with zero attached hydrogens (tertiary/aromatic N) is 3. The molecule has 2 heterocycles. The zero-order valence-electron chi connectivity index (χ0n) is 30.2. The third-order valence-electron chi connectivity index (χ3n) is 10.8. The average Bonchev–Trinajstić information content (AvgIpc) is 3.49. The highest BCUT2D eigenvalue weighted by atomic mass is 16.6. The molecule has 5 nitrogen and oxygen atoms in total. The molecular weight excluding hydrogens is 675 g/mol. The highest BCUT2D eigenvalue weighted by Crippen LogP contribution is 2.59. The Kier molecular flexibility index (Phi) is 7.47. The maximum atomic E-state index is 9.49. The summed E-state index contributed by atoms with van der Waals surface area (Å²) in [6, 6.07) is 57.6. The van der Waals surface area contributed by atoms with Crippen LogP contribution in [0.2, 0.25) is 0 Å². The van der Waals surface area contributed by atoms with Crippen molar-refractivity contribution in [1.82, 2.24) is 9.97 Å². The molecule has 0 fully saturated rings. The second-order valence-corrected chi connectivity index (χ2v) is 14.5. The number of hydrogen-bond donors (Lipinski definition) is 0. The van der Waals surface area contributed by atoms with Gasteiger partial charge in [-0.05, 0) is 69.8 Å². The lowest BCUT2D eigenvalue weighted by molar-refractivity contribution is 0.361. The van der Waals surface area contributed by atoms with Crippen LogP contribution < -0.4 is 9.47 Å². The molecule has 0 amide bonds. The first kappa shape index (κ1) is 32.4. The van der Waals surface area contributed by atoms with Gasteiger partial charge in [0.05, 0.1) is 23.0 Å². The smallest absolute Gasteiger partial charge is 0.178 e. The van der Waals surface area contributed by atoms with Crippen molar-refractivity contribution < 1.29 is 9.47 Å². The minimum Gasteiger partial charge on any atom is -0.449 e. The van der Waals surface area contributed by atoms with E-state index in [-0.39, 0.29) is 5.41 Å². The van der Waals surface area contributed by atoms with Gasteiger partial charge in [0.15, 0.2) is 28.8 Å². The fraction of sp³-hybridized carbons (Fsp3) is 0.0600. The number of hydrogen-bond acceptors (Lipinski definition) is 5. The van der Waals surface area contributed by atoms with Gasteiger partial charge in [0.2, 0.25) is 0 Å². The van der Waals surface area contributed by atoms with Crippen molar-refractivity contribution in [2.75, 3.05) is 0 Å². The third-order valence-corrected chi connectivity index (χ3v) is 10.8. The van der Waals surface area contributed by atoms with Gasteiger partial charge in [-0.1, -0.05) is 141 Å². The van der Waals surface area contributed by atoms with Crippen molar-refractivity contribution in [3.8, 4) is 96.4 Å². The van der Waals surface area contributed by atoms with Gasteiger partial charge in [0.25, 0.3) is 0 Å². The van der Waals surface area contributed by atoms with E-state index in [1.165, 1.54) is 16.7 Å². The van der Waals surface area contributed by atoms with Crippen LogP contribution in [0.25, 0.3) is 67.3 Å². The Balaban J connectivity index is 1.03. The summed E-state index contributed by atoms with van der Waals surface area (Å²) in [7, 11) is 0. The predicted octanol–water partition coefficient (Wildman–Crippen LogP) is 12.9. The monoisotopic (exact) mass is 707 g/mol. The molecule has 0 radical (unpaired) electrons. The van der Waals surface area contributed by atoms with E-state index < -0.39 is 0 Å². The molecule has 0 unspecified atom stereocenters. The molecule has 1 aliphatic heterocycles. The molecule has 10 rings (SSSR count). The number of fused-ring (bicyclic) bond motifs is 6. The van der Waals surface area contributed by atoms with Crippen LogP contribution in [0.4, 0.5) is 0 Å². The fourth-order valence-corrected chi connectivity index (χ4v) is 7.98. The van der Waals surface area contributed by atoms with Gasteiger partial charge in [0, 0.05) is 33.2 Å². The minimum absolute atomic E-state index is 0.145. The molecule has 2 aliphatic rings. The molecule has 0 spiro atoms. The van der Waals surface area contributed by atoms with Crippen molar-refractivity contribution in [2.45, 2.75) is 19.3 Å². The topological polar surface area (TPSA) is 68.0 Å². The molecule has 0 saturated heterocycles. The summed E-state index contributed by atoms with van der Waals surface area (Å²) in [5.41, 5.74) is 13.7. The van der Waals surface area contributed by atoms with E-state index >= 15 is 0 Å². The first-order chi connectivity index (χ1) is 26.9. The summed E-state index contributed by atoms with van der Waals surface area (Å²) >= 11 is 0. The van der Waals surface area contributed by atoms with Crippen LogP contribution in [0, 0.1) is 11.3 Å². The summed E-state index contributed by atoms with van der Waals surface area (Å²) in [5.74, 6) is 3.52. The molecule has 7 aromatic carbocycles. The third kappa shape index (κ3) is 5.47. The summed E-state index contributed by atoms with van der Waals surface area (Å²) < 4.78 is 13.4. The van der Waals surface area contributed by atoms with Gasteiger partial charge in [-0.15, -0.1) is 0 Å². The molecular formula is C50H33N3O2. The van der Waals surface area contributed by atoms with Crippen molar-refractivity contribution in [3.05, 3.63) is 180 Å². The Labute approximate surface area is 319 Å². The van der Waals surface area contributed by atoms with Gasteiger partial charge in [-0.3, -0.25) is 0 Å². The number of para-hydroxylation sites is 1. The predicted molar refractivity (Wildman–Crippen MR) is 218 cm³/mol. The van der Waals surface area contributed by atoms with E-state index in [1.54, 1.807) is 0 Å². The van der Waals surface area contributed by atoms with E-state index in [4.69, 9.17) is 19.4 Å². The minimum atomic E-state index is -0.145. The van der Waals surface area contributed by atoms with E-state index in [1.807, 2.05) is 84.9 Å². The van der Waals surface area contributed by atoms with Gasteiger partial charge in [-0.2, -0.15) is 5.26 Å². The summed E-state index contributed by atoms with van der Waals surface area (Å²) in [5, 5.41) is 9.49. The number of aromatic nitrogens is 2. The normalized spacial score (nSPS) is 13.0. The summed E-state index contributed by atoms with van der Waals surface area (Å²) in [6.07, 6.45) is 0. The largest absolute Gasteiger partial charge is 0.449 e. The lowest BCUT2D eigenvalue weighted by Crippen LogP contribution is -2.15. The number of ether oxygens (including phenoxy) is 2. The Morgan fingerprint density at radius 2 is 1.11 bits per heavy atom. The van der Waals surface area contributed by atoms with Crippen LogP contribution in [0.5, 0.6) is 23.0 Å². The molecule has 1 aromatic heterocycles. The zero-order chi connectivity index (χ0) is 37.1. The van der Waals surface area contributed by atoms with Crippen LogP contribution in [0.3, 0.4) is 0 Å². The van der Waals surface area contributed by atoms with Crippen LogP contribution in [0.1, 0.15) is 30.5 Å². The average molecular weight is 708 g/mol.